The summed E-state index contributed by atoms with van der Waals surface area (Å²) in [6, 6.07) is 0. The molecule has 0 spiro atoms. The maximum absolute atomic E-state index is 5.85. The fourth-order valence-corrected chi connectivity index (χ4v) is 1.47. The largest absolute Gasteiger partial charge is 0.277 e. The van der Waals surface area contributed by atoms with Crippen LogP contribution in [-0.2, 0) is 0 Å². The fourth-order valence-electron chi connectivity index (χ4n) is 1.28. The van der Waals surface area contributed by atoms with Gasteiger partial charge in [-0.2, -0.15) is 15.4 Å². The molecule has 0 radical (unpaired) electrons. The van der Waals surface area contributed by atoms with Crippen LogP contribution in [0.5, 0.6) is 0 Å². The fraction of sp³-hybridized carbons (Fsp3) is 0. The van der Waals surface area contributed by atoms with Gasteiger partial charge in [0.05, 0.1) is 6.20 Å². The highest BCUT2D eigenvalue weighted by atomic mass is 35.5. The smallest absolute Gasteiger partial charge is 0.198 e. The average molecular weight is 222 g/mol. The van der Waals surface area contributed by atoms with Gasteiger partial charge in [-0.05, 0) is 0 Å². The minimum absolute atomic E-state index is 0.305. The zero-order valence-corrected chi connectivity index (χ0v) is 8.05. The minimum Gasteiger partial charge on any atom is -0.277 e. The molecule has 3 aromatic heterocycles. The molecule has 0 saturated carbocycles. The second-order valence-electron chi connectivity index (χ2n) is 2.79. The zero-order chi connectivity index (χ0) is 10.3. The summed E-state index contributed by atoms with van der Waals surface area (Å²) in [5.74, 6) is 0.572. The van der Waals surface area contributed by atoms with Crippen LogP contribution in [-0.4, -0.2) is 35.0 Å². The summed E-state index contributed by atoms with van der Waals surface area (Å²) >= 11 is 5.85. The molecule has 0 atom stereocenters. The van der Waals surface area contributed by atoms with Crippen molar-refractivity contribution in [1.29, 1.82) is 0 Å². The van der Waals surface area contributed by atoms with E-state index in [1.54, 1.807) is 23.0 Å². The summed E-state index contributed by atoms with van der Waals surface area (Å²) in [6.07, 6.45) is 4.85. The summed E-state index contributed by atoms with van der Waals surface area (Å²) in [5.41, 5.74) is 1.10. The number of hydrogen-bond donors (Lipinski definition) is 1. The van der Waals surface area contributed by atoms with Gasteiger partial charge in [0.25, 0.3) is 0 Å². The van der Waals surface area contributed by atoms with E-state index in [4.69, 9.17) is 11.6 Å². The van der Waals surface area contributed by atoms with Crippen LogP contribution in [0.15, 0.2) is 18.6 Å². The van der Waals surface area contributed by atoms with E-state index in [1.807, 2.05) is 0 Å². The number of nitrogens with one attached hydrogen (secondary N) is 1. The van der Waals surface area contributed by atoms with Gasteiger partial charge < -0.3 is 0 Å². The van der Waals surface area contributed by atoms with E-state index in [0.717, 1.165) is 0 Å². The van der Waals surface area contributed by atoms with Gasteiger partial charge in [-0.1, -0.05) is 11.6 Å². The van der Waals surface area contributed by atoms with Crippen LogP contribution in [0.3, 0.4) is 0 Å². The van der Waals surface area contributed by atoms with Gasteiger partial charge in [0.15, 0.2) is 22.3 Å². The molecule has 0 unspecified atom stereocenters. The molecule has 0 amide bonds. The lowest BCUT2D eigenvalue weighted by Crippen LogP contribution is -1.91. The van der Waals surface area contributed by atoms with Crippen molar-refractivity contribution in [3.05, 3.63) is 23.7 Å². The van der Waals surface area contributed by atoms with Crippen molar-refractivity contribution in [1.82, 2.24) is 35.0 Å². The molecular weight excluding hydrogens is 218 g/mol. The molecule has 3 rings (SSSR count). The molecule has 0 aliphatic carbocycles. The van der Waals surface area contributed by atoms with Crippen molar-refractivity contribution in [2.75, 3.05) is 0 Å². The molecule has 15 heavy (non-hydrogen) atoms. The van der Waals surface area contributed by atoms with E-state index in [2.05, 4.69) is 30.6 Å². The number of fused-ring (bicyclic) bond motifs is 1. The lowest BCUT2D eigenvalue weighted by atomic mass is 10.4. The molecular formula is C7H4ClN7. The number of H-pyrrole nitrogens is 1. The van der Waals surface area contributed by atoms with Crippen LogP contribution >= 0.6 is 11.6 Å². The van der Waals surface area contributed by atoms with Gasteiger partial charge in [-0.15, -0.1) is 10.2 Å². The van der Waals surface area contributed by atoms with Gasteiger partial charge in [-0.25, -0.2) is 4.98 Å². The van der Waals surface area contributed by atoms with E-state index in [0.29, 0.717) is 22.3 Å². The van der Waals surface area contributed by atoms with Gasteiger partial charge in [0.1, 0.15) is 0 Å². The maximum atomic E-state index is 5.85. The number of aromatic amines is 1. The first-order valence-corrected chi connectivity index (χ1v) is 4.45. The topological polar surface area (TPSA) is 84.7 Å². The second kappa shape index (κ2) is 2.99. The van der Waals surface area contributed by atoms with Crippen molar-refractivity contribution in [2.24, 2.45) is 0 Å². The van der Waals surface area contributed by atoms with E-state index >= 15 is 0 Å². The van der Waals surface area contributed by atoms with E-state index < -0.39 is 0 Å². The molecule has 74 valence electrons. The number of hydrogen-bond acceptors (Lipinski definition) is 5. The monoisotopic (exact) mass is 221 g/mol. The molecule has 0 saturated heterocycles. The Labute approximate surface area is 88.1 Å². The molecule has 3 aromatic rings. The Morgan fingerprint density at radius 1 is 1.33 bits per heavy atom. The molecule has 0 aliphatic rings. The molecule has 1 N–H and O–H groups in total. The minimum atomic E-state index is 0.305. The molecule has 3 heterocycles. The number of nitrogens with zero attached hydrogens (tertiary/aromatic N) is 6. The van der Waals surface area contributed by atoms with Gasteiger partial charge in [-0.3, -0.25) is 4.40 Å². The molecule has 0 bridgehead atoms. The normalized spacial score (nSPS) is 11.0. The lowest BCUT2D eigenvalue weighted by molar-refractivity contribution is 0.936. The van der Waals surface area contributed by atoms with Crippen molar-refractivity contribution < 1.29 is 0 Å². The Kier molecular flexibility index (Phi) is 1.65. The summed E-state index contributed by atoms with van der Waals surface area (Å²) < 4.78 is 1.70. The van der Waals surface area contributed by atoms with Crippen molar-refractivity contribution in [3.63, 3.8) is 0 Å². The Balaban J connectivity index is 2.34. The third kappa shape index (κ3) is 1.17. The van der Waals surface area contributed by atoms with E-state index in [9.17, 15) is 0 Å². The van der Waals surface area contributed by atoms with E-state index in [-0.39, 0.29) is 0 Å². The quantitative estimate of drug-likeness (QED) is 0.649. The second-order valence-corrected chi connectivity index (χ2v) is 3.15. The van der Waals surface area contributed by atoms with Crippen molar-refractivity contribution >= 4 is 17.2 Å². The van der Waals surface area contributed by atoms with Gasteiger partial charge in [0, 0.05) is 12.4 Å². The summed E-state index contributed by atoms with van der Waals surface area (Å²) in [6.45, 7) is 0. The van der Waals surface area contributed by atoms with Crippen LogP contribution < -0.4 is 0 Å². The standard InChI is InChI=1S/C7H4ClN7/c8-5-7-13-12-6(4-3-10-14-11-4)15(7)2-1-9-5/h1-3H,(H,10,11,14). The molecule has 0 fully saturated rings. The molecule has 8 heteroatoms. The molecule has 0 aliphatic heterocycles. The van der Waals surface area contributed by atoms with Crippen molar-refractivity contribution in [3.8, 4) is 11.5 Å². The predicted molar refractivity (Wildman–Crippen MR) is 51.2 cm³/mol. The Bertz CT molecular complexity index is 599. The Hall–Kier alpha value is -2.02. The van der Waals surface area contributed by atoms with Crippen molar-refractivity contribution in [2.45, 2.75) is 0 Å². The number of aromatic nitrogens is 7. The molecule has 7 nitrogen and oxygen atoms in total. The number of halogens is 1. The van der Waals surface area contributed by atoms with Crippen LogP contribution in [0.4, 0.5) is 0 Å². The predicted octanol–water partition coefficient (Wildman–Crippen LogP) is 0.563. The Morgan fingerprint density at radius 3 is 3.07 bits per heavy atom. The molecule has 0 aromatic carbocycles. The summed E-state index contributed by atoms with van der Waals surface area (Å²) in [5, 5.41) is 18.3. The summed E-state index contributed by atoms with van der Waals surface area (Å²) in [7, 11) is 0. The lowest BCUT2D eigenvalue weighted by Gasteiger charge is -1.95. The summed E-state index contributed by atoms with van der Waals surface area (Å²) in [4.78, 5) is 3.90. The highest BCUT2D eigenvalue weighted by Crippen LogP contribution is 2.17. The zero-order valence-electron chi connectivity index (χ0n) is 7.29. The van der Waals surface area contributed by atoms with Crippen LogP contribution in [0.2, 0.25) is 5.15 Å². The average Bonchev–Trinajstić information content (AvgIpc) is 2.85. The first-order chi connectivity index (χ1) is 7.36. The highest BCUT2D eigenvalue weighted by molar-refractivity contribution is 6.32. The van der Waals surface area contributed by atoms with Gasteiger partial charge >= 0.3 is 0 Å². The van der Waals surface area contributed by atoms with Crippen LogP contribution in [0, 0.1) is 0 Å². The van der Waals surface area contributed by atoms with Crippen LogP contribution in [0.1, 0.15) is 0 Å². The Morgan fingerprint density at radius 2 is 2.27 bits per heavy atom. The first-order valence-electron chi connectivity index (χ1n) is 4.07. The maximum Gasteiger partial charge on any atom is 0.198 e. The highest BCUT2D eigenvalue weighted by Gasteiger charge is 2.12. The third-order valence-corrected chi connectivity index (χ3v) is 2.19. The third-order valence-electron chi connectivity index (χ3n) is 1.93. The van der Waals surface area contributed by atoms with E-state index in [1.165, 1.54) is 0 Å². The van der Waals surface area contributed by atoms with Gasteiger partial charge in [0.2, 0.25) is 0 Å². The SMILES string of the molecule is Clc1nccn2c(-c3cn[nH]n3)nnc12. The first kappa shape index (κ1) is 8.30. The number of rotatable bonds is 1. The van der Waals surface area contributed by atoms with Crippen LogP contribution in [0.25, 0.3) is 17.2 Å².